The number of halogens is 4. The average molecular weight is 532 g/mol. The van der Waals surface area contributed by atoms with Crippen LogP contribution in [0.25, 0.3) is 5.69 Å². The van der Waals surface area contributed by atoms with Crippen molar-refractivity contribution in [3.8, 4) is 17.2 Å². The Morgan fingerprint density at radius 3 is 2.54 bits per heavy atom. The molecule has 1 saturated heterocycles. The first-order chi connectivity index (χ1) is 17.9. The molecule has 0 amide bonds. The number of anilines is 1. The zero-order valence-corrected chi connectivity index (χ0v) is 20.3. The highest BCUT2D eigenvalue weighted by molar-refractivity contribution is 6.32. The Balaban J connectivity index is 1.34. The largest absolute Gasteiger partial charge is 0.453 e. The molecule has 0 spiro atoms. The van der Waals surface area contributed by atoms with Crippen molar-refractivity contribution in [2.45, 2.75) is 19.6 Å². The molecule has 5 rings (SSSR count). The molecule has 2 aromatic carbocycles. The van der Waals surface area contributed by atoms with E-state index in [4.69, 9.17) is 21.1 Å². The van der Waals surface area contributed by atoms with E-state index in [0.29, 0.717) is 19.7 Å². The number of hydrogen-bond donors (Lipinski definition) is 0. The topological polar surface area (TPSA) is 74.4 Å². The molecule has 1 aliphatic heterocycles. The summed E-state index contributed by atoms with van der Waals surface area (Å²) in [5.74, 6) is -1.92. The lowest BCUT2D eigenvalue weighted by Gasteiger charge is -2.39. The predicted octanol–water partition coefficient (Wildman–Crippen LogP) is 4.57. The highest BCUT2D eigenvalue weighted by atomic mass is 35.5. The number of pyridine rings is 1. The molecule has 0 radical (unpaired) electrons. The summed E-state index contributed by atoms with van der Waals surface area (Å²) in [5.41, 5.74) is -0.595. The summed E-state index contributed by atoms with van der Waals surface area (Å²) in [6, 6.07) is 9.25. The monoisotopic (exact) mass is 531 g/mol. The van der Waals surface area contributed by atoms with Gasteiger partial charge < -0.3 is 14.4 Å². The van der Waals surface area contributed by atoms with Crippen LogP contribution in [0.1, 0.15) is 12.5 Å². The fourth-order valence-electron chi connectivity index (χ4n) is 3.96. The third-order valence-electron chi connectivity index (χ3n) is 5.89. The van der Waals surface area contributed by atoms with E-state index in [1.165, 1.54) is 42.9 Å². The lowest BCUT2D eigenvalue weighted by Crippen LogP contribution is -2.53. The predicted molar refractivity (Wildman–Crippen MR) is 130 cm³/mol. The van der Waals surface area contributed by atoms with Gasteiger partial charge in [-0.05, 0) is 37.3 Å². The van der Waals surface area contributed by atoms with Gasteiger partial charge in [-0.3, -0.25) is 4.57 Å². The van der Waals surface area contributed by atoms with Gasteiger partial charge in [0.2, 0.25) is 5.82 Å². The number of benzene rings is 2. The van der Waals surface area contributed by atoms with Gasteiger partial charge in [0.25, 0.3) is 0 Å². The number of aromatic nitrogens is 4. The van der Waals surface area contributed by atoms with Crippen LogP contribution in [0.5, 0.6) is 11.5 Å². The molecular formula is C25H21ClF3N5O3. The van der Waals surface area contributed by atoms with Crippen LogP contribution in [0, 0.1) is 17.5 Å². The Bertz CT molecular complexity index is 1480. The van der Waals surface area contributed by atoms with E-state index >= 15 is 4.39 Å². The molecular weight excluding hydrogens is 511 g/mol. The van der Waals surface area contributed by atoms with Gasteiger partial charge in [-0.15, -0.1) is 0 Å². The van der Waals surface area contributed by atoms with Crippen LogP contribution in [0.3, 0.4) is 0 Å². The van der Waals surface area contributed by atoms with Gasteiger partial charge in [-0.2, -0.15) is 14.2 Å². The quantitative estimate of drug-likeness (QED) is 0.332. The highest BCUT2D eigenvalue weighted by Gasteiger charge is 2.31. The van der Waals surface area contributed by atoms with Crippen LogP contribution < -0.4 is 15.3 Å². The first-order valence-electron chi connectivity index (χ1n) is 11.4. The molecule has 0 N–H and O–H groups in total. The molecule has 12 heteroatoms. The second-order valence-corrected chi connectivity index (χ2v) is 8.71. The first kappa shape index (κ1) is 24.8. The molecule has 3 heterocycles. The maximum Gasteiger partial charge on any atom is 0.350 e. The van der Waals surface area contributed by atoms with Gasteiger partial charge in [0, 0.05) is 37.5 Å². The molecule has 0 bridgehead atoms. The summed E-state index contributed by atoms with van der Waals surface area (Å²) in [6.07, 6.45) is 2.65. The minimum absolute atomic E-state index is 0.0374. The maximum absolute atomic E-state index is 15.1. The van der Waals surface area contributed by atoms with E-state index in [1.807, 2.05) is 6.92 Å². The van der Waals surface area contributed by atoms with Crippen LogP contribution in [0.15, 0.2) is 59.8 Å². The molecule has 2 aromatic heterocycles. The summed E-state index contributed by atoms with van der Waals surface area (Å²) in [7, 11) is 0. The van der Waals surface area contributed by atoms with Gasteiger partial charge in [0.1, 0.15) is 23.7 Å². The third-order valence-corrected chi connectivity index (χ3v) is 6.18. The number of ether oxygens (including phenoxy) is 2. The molecule has 0 aliphatic carbocycles. The Hall–Kier alpha value is -3.83. The molecule has 192 valence electrons. The molecule has 0 atom stereocenters. The zero-order valence-electron chi connectivity index (χ0n) is 19.6. The molecule has 37 heavy (non-hydrogen) atoms. The van der Waals surface area contributed by atoms with Crippen LogP contribution in [0.2, 0.25) is 5.02 Å². The maximum atomic E-state index is 15.1. The fraction of sp³-hybridized carbons (Fsp3) is 0.240. The van der Waals surface area contributed by atoms with Crippen molar-refractivity contribution in [3.05, 3.63) is 93.5 Å². The van der Waals surface area contributed by atoms with Crippen molar-refractivity contribution >= 4 is 17.4 Å². The molecule has 0 saturated carbocycles. The van der Waals surface area contributed by atoms with Crippen molar-refractivity contribution in [2.75, 3.05) is 24.6 Å². The highest BCUT2D eigenvalue weighted by Crippen LogP contribution is 2.35. The second-order valence-electron chi connectivity index (χ2n) is 8.30. The van der Waals surface area contributed by atoms with Gasteiger partial charge in [-0.1, -0.05) is 17.7 Å². The lowest BCUT2D eigenvalue weighted by atomic mass is 10.1. The van der Waals surface area contributed by atoms with Crippen LogP contribution in [-0.2, 0) is 11.3 Å². The van der Waals surface area contributed by atoms with Crippen molar-refractivity contribution in [1.29, 1.82) is 0 Å². The molecule has 4 aromatic rings. The Kier molecular flexibility index (Phi) is 6.90. The molecule has 8 nitrogen and oxygen atoms in total. The standard InChI is InChI=1S/C25H21ClF3N5O3/c1-2-36-16-11-32(12-16)24-23(29)22(8-9-30-24)37-21-7-6-15(10-18(21)26)34-25(35)33(14-31-34)13-17-19(27)4-3-5-20(17)28/h3-10,14,16H,2,11-13H2,1H3. The number of rotatable bonds is 8. The van der Waals surface area contributed by atoms with Gasteiger partial charge in [0.15, 0.2) is 11.6 Å². The van der Waals surface area contributed by atoms with Crippen LogP contribution in [0.4, 0.5) is 19.0 Å². The third kappa shape index (κ3) is 4.92. The van der Waals surface area contributed by atoms with Gasteiger partial charge in [0.05, 0.1) is 23.4 Å². The van der Waals surface area contributed by atoms with Crippen molar-refractivity contribution in [3.63, 3.8) is 0 Å². The van der Waals surface area contributed by atoms with Gasteiger partial charge >= 0.3 is 5.69 Å². The van der Waals surface area contributed by atoms with E-state index in [0.717, 1.165) is 21.4 Å². The number of nitrogens with zero attached hydrogens (tertiary/aromatic N) is 5. The van der Waals surface area contributed by atoms with E-state index in [1.54, 1.807) is 4.90 Å². The minimum Gasteiger partial charge on any atom is -0.453 e. The second kappa shape index (κ2) is 10.3. The van der Waals surface area contributed by atoms with E-state index < -0.39 is 23.1 Å². The average Bonchev–Trinajstić information content (AvgIpc) is 3.21. The summed E-state index contributed by atoms with van der Waals surface area (Å²) >= 11 is 6.37. The van der Waals surface area contributed by atoms with E-state index in [9.17, 15) is 13.6 Å². The Morgan fingerprint density at radius 1 is 1.08 bits per heavy atom. The molecule has 0 unspecified atom stereocenters. The SMILES string of the molecule is CCOC1CN(c2nccc(Oc3ccc(-n4ncn(Cc5c(F)cccc5F)c4=O)cc3Cl)c2F)C1. The summed E-state index contributed by atoms with van der Waals surface area (Å²) < 4.78 is 56.4. The smallest absolute Gasteiger partial charge is 0.350 e. The van der Waals surface area contributed by atoms with Crippen molar-refractivity contribution < 1.29 is 22.6 Å². The normalized spacial score (nSPS) is 13.6. The van der Waals surface area contributed by atoms with Crippen LogP contribution >= 0.6 is 11.6 Å². The Morgan fingerprint density at radius 2 is 1.84 bits per heavy atom. The van der Waals surface area contributed by atoms with E-state index in [2.05, 4.69) is 10.1 Å². The Labute approximate surface area is 214 Å². The first-order valence-corrected chi connectivity index (χ1v) is 11.8. The minimum atomic E-state index is -0.765. The van der Waals surface area contributed by atoms with Crippen LogP contribution in [-0.4, -0.2) is 45.1 Å². The number of hydrogen-bond acceptors (Lipinski definition) is 6. The van der Waals surface area contributed by atoms with E-state index in [-0.39, 0.29) is 46.2 Å². The molecule has 1 aliphatic rings. The fourth-order valence-corrected chi connectivity index (χ4v) is 4.18. The van der Waals surface area contributed by atoms with Gasteiger partial charge in [-0.25, -0.2) is 18.6 Å². The van der Waals surface area contributed by atoms with Crippen molar-refractivity contribution in [2.24, 2.45) is 0 Å². The summed E-state index contributed by atoms with van der Waals surface area (Å²) in [6.45, 7) is 3.21. The van der Waals surface area contributed by atoms with Crippen molar-refractivity contribution in [1.82, 2.24) is 19.3 Å². The zero-order chi connectivity index (χ0) is 26.1. The summed E-state index contributed by atoms with van der Waals surface area (Å²) in [5, 5.41) is 4.11. The lowest BCUT2D eigenvalue weighted by molar-refractivity contribution is 0.0423. The summed E-state index contributed by atoms with van der Waals surface area (Å²) in [4.78, 5) is 18.7. The molecule has 1 fully saturated rings.